The lowest BCUT2D eigenvalue weighted by Crippen LogP contribution is -2.47. The van der Waals surface area contributed by atoms with Crippen LogP contribution in [0.2, 0.25) is 0 Å². The van der Waals surface area contributed by atoms with Gasteiger partial charge in [0.2, 0.25) is 11.8 Å². The first-order chi connectivity index (χ1) is 16.1. The van der Waals surface area contributed by atoms with Crippen molar-refractivity contribution in [2.24, 2.45) is 11.8 Å². The lowest BCUT2D eigenvalue weighted by molar-refractivity contribution is -0.137. The molecule has 1 aromatic heterocycles. The van der Waals surface area contributed by atoms with Crippen LogP contribution in [-0.2, 0) is 25.5 Å². The molecule has 1 aromatic carbocycles. The Labute approximate surface area is 192 Å². The van der Waals surface area contributed by atoms with Crippen LogP contribution < -0.4 is 5.32 Å². The minimum Gasteiger partial charge on any atom is -0.379 e. The second-order valence-electron chi connectivity index (χ2n) is 9.51. The van der Waals surface area contributed by atoms with Crippen LogP contribution in [0.1, 0.15) is 5.56 Å². The Morgan fingerprint density at radius 3 is 2.94 bits per heavy atom. The average molecular weight is 451 g/mol. The highest BCUT2D eigenvalue weighted by Gasteiger charge is 2.66. The summed E-state index contributed by atoms with van der Waals surface area (Å²) in [6.07, 6.45) is 6.47. The summed E-state index contributed by atoms with van der Waals surface area (Å²) in [7, 11) is 0. The number of benzene rings is 1. The van der Waals surface area contributed by atoms with Crippen molar-refractivity contribution in [2.75, 3.05) is 52.5 Å². The third kappa shape index (κ3) is 3.57. The van der Waals surface area contributed by atoms with Crippen LogP contribution in [0.5, 0.6) is 0 Å². The number of rotatable bonds is 7. The molecule has 8 heteroatoms. The van der Waals surface area contributed by atoms with Gasteiger partial charge in [-0.25, -0.2) is 0 Å². The van der Waals surface area contributed by atoms with Crippen LogP contribution in [0.4, 0.5) is 0 Å². The number of hydrogen-bond donors (Lipinski definition) is 2. The fourth-order valence-corrected chi connectivity index (χ4v) is 5.94. The molecule has 8 nitrogen and oxygen atoms in total. The highest BCUT2D eigenvalue weighted by atomic mass is 16.5. The van der Waals surface area contributed by atoms with Crippen LogP contribution in [0, 0.1) is 11.8 Å². The lowest BCUT2D eigenvalue weighted by atomic mass is 9.77. The maximum Gasteiger partial charge on any atom is 0.230 e. The molecule has 33 heavy (non-hydrogen) atoms. The Morgan fingerprint density at radius 2 is 2.06 bits per heavy atom. The number of likely N-dealkylation sites (tertiary alicyclic amines) is 1. The molecule has 6 rings (SSSR count). The van der Waals surface area contributed by atoms with Gasteiger partial charge in [0.15, 0.2) is 0 Å². The van der Waals surface area contributed by atoms with Gasteiger partial charge in [0.25, 0.3) is 0 Å². The van der Waals surface area contributed by atoms with E-state index < -0.39 is 17.4 Å². The van der Waals surface area contributed by atoms with Crippen molar-refractivity contribution >= 4 is 22.7 Å². The molecule has 0 unspecified atom stereocenters. The highest BCUT2D eigenvalue weighted by Crippen LogP contribution is 2.51. The molecule has 2 bridgehead atoms. The molecule has 0 aliphatic carbocycles. The summed E-state index contributed by atoms with van der Waals surface area (Å²) in [6.45, 7) is 5.77. The maximum atomic E-state index is 13.4. The SMILES string of the molecule is O=C(NCCN1CCOCC1)[C@H]1[C@@H]2C=C[C@]3(CN(CCc4c[nH]c5ccccc45)C(=O)[C@@H]13)O2. The molecule has 2 aromatic rings. The lowest BCUT2D eigenvalue weighted by Gasteiger charge is -2.27. The zero-order chi connectivity index (χ0) is 22.4. The minimum atomic E-state index is -0.659. The quantitative estimate of drug-likeness (QED) is 0.614. The number of ether oxygens (including phenoxy) is 2. The number of aromatic amines is 1. The van der Waals surface area contributed by atoms with Gasteiger partial charge in [-0.1, -0.05) is 30.4 Å². The zero-order valence-corrected chi connectivity index (χ0v) is 18.7. The molecule has 4 aliphatic rings. The number of nitrogens with zero attached hydrogens (tertiary/aromatic N) is 2. The topological polar surface area (TPSA) is 86.9 Å². The Bertz CT molecular complexity index is 1090. The first-order valence-electron chi connectivity index (χ1n) is 11.9. The molecule has 0 radical (unpaired) electrons. The number of carbonyl (C=O) groups excluding carboxylic acids is 2. The summed E-state index contributed by atoms with van der Waals surface area (Å²) >= 11 is 0. The number of amides is 2. The van der Waals surface area contributed by atoms with Crippen LogP contribution in [0.15, 0.2) is 42.6 Å². The van der Waals surface area contributed by atoms with E-state index >= 15 is 0 Å². The average Bonchev–Trinajstić information content (AvgIpc) is 3.58. The van der Waals surface area contributed by atoms with E-state index in [2.05, 4.69) is 27.3 Å². The molecule has 4 aliphatic heterocycles. The van der Waals surface area contributed by atoms with Gasteiger partial charge in [0.1, 0.15) is 5.60 Å². The number of morpholine rings is 1. The highest BCUT2D eigenvalue weighted by molar-refractivity contribution is 5.93. The summed E-state index contributed by atoms with van der Waals surface area (Å²) < 4.78 is 11.6. The van der Waals surface area contributed by atoms with Gasteiger partial charge in [-0.05, 0) is 18.1 Å². The van der Waals surface area contributed by atoms with Crippen molar-refractivity contribution in [1.29, 1.82) is 0 Å². The van der Waals surface area contributed by atoms with Crippen molar-refractivity contribution < 1.29 is 19.1 Å². The van der Waals surface area contributed by atoms with Crippen LogP contribution in [-0.4, -0.2) is 90.8 Å². The van der Waals surface area contributed by atoms with Crippen LogP contribution in [0.3, 0.4) is 0 Å². The predicted octanol–water partition coefficient (Wildman–Crippen LogP) is 0.941. The molecular formula is C25H30N4O4. The van der Waals surface area contributed by atoms with Gasteiger partial charge in [0.05, 0.1) is 37.7 Å². The summed E-state index contributed by atoms with van der Waals surface area (Å²) in [5.74, 6) is -0.921. The van der Waals surface area contributed by atoms with E-state index in [9.17, 15) is 9.59 Å². The summed E-state index contributed by atoms with van der Waals surface area (Å²) in [4.78, 5) is 34.0. The van der Waals surface area contributed by atoms with Gasteiger partial charge in [-0.3, -0.25) is 14.5 Å². The number of carbonyl (C=O) groups is 2. The molecule has 0 saturated carbocycles. The zero-order valence-electron chi connectivity index (χ0n) is 18.7. The van der Waals surface area contributed by atoms with Crippen molar-refractivity contribution in [3.63, 3.8) is 0 Å². The summed E-state index contributed by atoms with van der Waals surface area (Å²) in [5, 5.41) is 4.26. The first kappa shape index (κ1) is 20.9. The Kier molecular flexibility index (Phi) is 5.24. The van der Waals surface area contributed by atoms with Crippen molar-refractivity contribution in [1.82, 2.24) is 20.1 Å². The third-order valence-electron chi connectivity index (χ3n) is 7.64. The van der Waals surface area contributed by atoms with Gasteiger partial charge >= 0.3 is 0 Å². The van der Waals surface area contributed by atoms with E-state index in [4.69, 9.17) is 9.47 Å². The van der Waals surface area contributed by atoms with Crippen LogP contribution in [0.25, 0.3) is 10.9 Å². The normalized spacial score (nSPS) is 31.0. The second kappa shape index (κ2) is 8.27. The summed E-state index contributed by atoms with van der Waals surface area (Å²) in [5.41, 5.74) is 1.65. The van der Waals surface area contributed by atoms with Crippen molar-refractivity contribution in [2.45, 2.75) is 18.1 Å². The van der Waals surface area contributed by atoms with E-state index in [1.165, 1.54) is 10.9 Å². The maximum absolute atomic E-state index is 13.4. The third-order valence-corrected chi connectivity index (χ3v) is 7.64. The monoisotopic (exact) mass is 450 g/mol. The minimum absolute atomic E-state index is 0.0371. The van der Waals surface area contributed by atoms with E-state index in [0.717, 1.165) is 44.8 Å². The number of aromatic nitrogens is 1. The molecule has 5 heterocycles. The predicted molar refractivity (Wildman–Crippen MR) is 123 cm³/mol. The van der Waals surface area contributed by atoms with E-state index in [0.29, 0.717) is 19.6 Å². The van der Waals surface area contributed by atoms with Crippen LogP contribution >= 0.6 is 0 Å². The fraction of sp³-hybridized carbons (Fsp3) is 0.520. The molecule has 174 valence electrons. The molecule has 3 fully saturated rings. The smallest absolute Gasteiger partial charge is 0.230 e. The van der Waals surface area contributed by atoms with Gasteiger partial charge in [0, 0.05) is 49.8 Å². The molecule has 2 N–H and O–H groups in total. The van der Waals surface area contributed by atoms with E-state index in [-0.39, 0.29) is 17.9 Å². The number of nitrogens with one attached hydrogen (secondary N) is 2. The molecule has 3 saturated heterocycles. The Balaban J connectivity index is 1.10. The van der Waals surface area contributed by atoms with Gasteiger partial charge < -0.3 is 24.7 Å². The number of fused-ring (bicyclic) bond motifs is 2. The number of hydrogen-bond acceptors (Lipinski definition) is 5. The van der Waals surface area contributed by atoms with E-state index in [1.54, 1.807) is 0 Å². The Morgan fingerprint density at radius 1 is 1.21 bits per heavy atom. The molecular weight excluding hydrogens is 420 g/mol. The standard InChI is InChI=1S/C25H30N4O4/c30-23(26-8-10-28-11-13-32-14-12-28)21-20-5-7-25(33-20)16-29(24(31)22(21)25)9-6-17-15-27-19-4-2-1-3-18(17)19/h1-5,7,15,20-22,27H,6,8-14,16H2,(H,26,30)/t20-,21-,22+,25+/m0/s1. The van der Waals surface area contributed by atoms with Gasteiger partial charge in [-0.15, -0.1) is 0 Å². The molecule has 4 atom stereocenters. The number of para-hydroxylation sites is 1. The summed E-state index contributed by atoms with van der Waals surface area (Å²) in [6, 6.07) is 8.21. The fourth-order valence-electron chi connectivity index (χ4n) is 5.94. The number of H-pyrrole nitrogens is 1. The molecule has 2 amide bonds. The second-order valence-corrected chi connectivity index (χ2v) is 9.51. The Hall–Kier alpha value is -2.68. The van der Waals surface area contributed by atoms with Gasteiger partial charge in [-0.2, -0.15) is 0 Å². The first-order valence-corrected chi connectivity index (χ1v) is 11.9. The molecule has 1 spiro atoms. The van der Waals surface area contributed by atoms with Crippen molar-refractivity contribution in [3.05, 3.63) is 48.2 Å². The van der Waals surface area contributed by atoms with E-state index in [1.807, 2.05) is 35.4 Å². The van der Waals surface area contributed by atoms with Crippen molar-refractivity contribution in [3.8, 4) is 0 Å². The largest absolute Gasteiger partial charge is 0.379 e.